The molecular weight excluding hydrogens is 414 g/mol. The third-order valence-electron chi connectivity index (χ3n) is 6.24. The van der Waals surface area contributed by atoms with E-state index in [1.807, 2.05) is 30.0 Å². The Hall–Kier alpha value is -2.71. The van der Waals surface area contributed by atoms with Gasteiger partial charge in [-0.2, -0.15) is 0 Å². The van der Waals surface area contributed by atoms with Crippen molar-refractivity contribution in [2.24, 2.45) is 5.92 Å². The van der Waals surface area contributed by atoms with E-state index >= 15 is 0 Å². The molecule has 0 aromatic heterocycles. The Balaban J connectivity index is 1.76. The smallest absolute Gasteiger partial charge is 0.240 e. The highest BCUT2D eigenvalue weighted by Crippen LogP contribution is 2.41. The summed E-state index contributed by atoms with van der Waals surface area (Å²) in [4.78, 5) is 29.2. The van der Waals surface area contributed by atoms with Crippen LogP contribution in [0, 0.1) is 5.92 Å². The van der Waals surface area contributed by atoms with Crippen LogP contribution in [0.5, 0.6) is 0 Å². The second kappa shape index (κ2) is 8.09. The topological polar surface area (TPSA) is 86.8 Å². The fourth-order valence-electron chi connectivity index (χ4n) is 4.31. The molecule has 164 valence electrons. The molecular formula is C23H27N3O4S. The van der Waals surface area contributed by atoms with Crippen LogP contribution in [0.2, 0.25) is 0 Å². The Morgan fingerprint density at radius 2 is 1.65 bits per heavy atom. The van der Waals surface area contributed by atoms with Gasteiger partial charge in [-0.1, -0.05) is 24.6 Å². The highest BCUT2D eigenvalue weighted by atomic mass is 32.2. The molecule has 1 fully saturated rings. The molecule has 1 N–H and O–H groups in total. The minimum Gasteiger partial charge on any atom is -0.308 e. The van der Waals surface area contributed by atoms with E-state index in [4.69, 9.17) is 0 Å². The molecule has 1 heterocycles. The normalized spacial score (nSPS) is 19.0. The molecule has 2 aromatic carbocycles. The van der Waals surface area contributed by atoms with E-state index in [0.29, 0.717) is 6.54 Å². The van der Waals surface area contributed by atoms with Crippen molar-refractivity contribution < 1.29 is 18.0 Å². The van der Waals surface area contributed by atoms with Gasteiger partial charge in [0.2, 0.25) is 21.8 Å². The quantitative estimate of drug-likeness (QED) is 0.790. The molecule has 1 atom stereocenters. The minimum atomic E-state index is -3.51. The van der Waals surface area contributed by atoms with Crippen LogP contribution in [0.25, 0.3) is 11.1 Å². The third-order valence-corrected chi connectivity index (χ3v) is 7.67. The third kappa shape index (κ3) is 3.85. The molecule has 31 heavy (non-hydrogen) atoms. The Morgan fingerprint density at radius 3 is 2.19 bits per heavy atom. The van der Waals surface area contributed by atoms with Crippen molar-refractivity contribution in [1.82, 2.24) is 4.72 Å². The highest BCUT2D eigenvalue weighted by molar-refractivity contribution is 7.89. The number of benzene rings is 2. The molecule has 2 amide bonds. The van der Waals surface area contributed by atoms with Gasteiger partial charge in [0.05, 0.1) is 22.3 Å². The Morgan fingerprint density at radius 1 is 1.00 bits per heavy atom. The summed E-state index contributed by atoms with van der Waals surface area (Å²) < 4.78 is 26.3. The van der Waals surface area contributed by atoms with Crippen LogP contribution < -0.4 is 14.5 Å². The van der Waals surface area contributed by atoms with E-state index in [1.54, 1.807) is 36.1 Å². The summed E-state index contributed by atoms with van der Waals surface area (Å²) in [7, 11) is -2.13. The first-order chi connectivity index (χ1) is 14.7. The second-order valence-electron chi connectivity index (χ2n) is 8.25. The number of carbonyl (C=O) groups excluding carboxylic acids is 2. The van der Waals surface area contributed by atoms with Crippen LogP contribution in [0.15, 0.2) is 47.4 Å². The predicted molar refractivity (Wildman–Crippen MR) is 120 cm³/mol. The van der Waals surface area contributed by atoms with Gasteiger partial charge >= 0.3 is 0 Å². The lowest BCUT2D eigenvalue weighted by Gasteiger charge is -2.43. The molecule has 1 aliphatic carbocycles. The van der Waals surface area contributed by atoms with Crippen molar-refractivity contribution in [3.8, 4) is 11.1 Å². The highest BCUT2D eigenvalue weighted by Gasteiger charge is 2.37. The van der Waals surface area contributed by atoms with Gasteiger partial charge in [0, 0.05) is 19.4 Å². The van der Waals surface area contributed by atoms with Crippen LogP contribution in [0.1, 0.15) is 33.1 Å². The van der Waals surface area contributed by atoms with Crippen molar-refractivity contribution >= 4 is 33.2 Å². The van der Waals surface area contributed by atoms with Crippen LogP contribution in [-0.2, 0) is 19.6 Å². The Labute approximate surface area is 183 Å². The van der Waals surface area contributed by atoms with E-state index in [-0.39, 0.29) is 28.7 Å². The monoisotopic (exact) mass is 441 g/mol. The van der Waals surface area contributed by atoms with E-state index in [1.165, 1.54) is 7.05 Å². The minimum absolute atomic E-state index is 0.0543. The molecule has 2 aliphatic rings. The molecule has 7 nitrogen and oxygen atoms in total. The lowest BCUT2D eigenvalue weighted by Crippen LogP contribution is -2.53. The zero-order valence-corrected chi connectivity index (χ0v) is 18.8. The number of anilines is 2. The zero-order chi connectivity index (χ0) is 22.3. The summed E-state index contributed by atoms with van der Waals surface area (Å²) >= 11 is 0. The maximum absolute atomic E-state index is 13.1. The number of amides is 2. The number of sulfonamides is 1. The van der Waals surface area contributed by atoms with Crippen molar-refractivity contribution in [2.45, 2.75) is 44.0 Å². The number of hydrogen-bond donors (Lipinski definition) is 1. The fraction of sp³-hybridized carbons (Fsp3) is 0.391. The average molecular weight is 442 g/mol. The van der Waals surface area contributed by atoms with Crippen LogP contribution in [-0.4, -0.2) is 39.9 Å². The van der Waals surface area contributed by atoms with E-state index in [0.717, 1.165) is 41.8 Å². The number of carbonyl (C=O) groups is 2. The first kappa shape index (κ1) is 21.5. The van der Waals surface area contributed by atoms with Gasteiger partial charge in [0.1, 0.15) is 0 Å². The summed E-state index contributed by atoms with van der Waals surface area (Å²) in [6.45, 7) is 3.96. The number of fused-ring (bicyclic) bond motifs is 1. The van der Waals surface area contributed by atoms with Gasteiger partial charge in [0.15, 0.2) is 0 Å². The summed E-state index contributed by atoms with van der Waals surface area (Å²) in [5, 5.41) is 0. The Kier molecular flexibility index (Phi) is 5.61. The maximum atomic E-state index is 13.1. The zero-order valence-electron chi connectivity index (χ0n) is 18.0. The number of rotatable bonds is 4. The van der Waals surface area contributed by atoms with Crippen molar-refractivity contribution in [3.05, 3.63) is 42.5 Å². The largest absolute Gasteiger partial charge is 0.308 e. The summed E-state index contributed by atoms with van der Waals surface area (Å²) in [5.41, 5.74) is 3.16. The lowest BCUT2D eigenvalue weighted by atomic mass is 9.84. The van der Waals surface area contributed by atoms with Crippen LogP contribution >= 0.6 is 0 Å². The summed E-state index contributed by atoms with van der Waals surface area (Å²) in [5.74, 6) is 0.118. The van der Waals surface area contributed by atoms with Crippen LogP contribution in [0.3, 0.4) is 0 Å². The van der Waals surface area contributed by atoms with Crippen LogP contribution in [0.4, 0.5) is 11.4 Å². The molecule has 0 spiro atoms. The molecule has 0 saturated heterocycles. The number of nitrogens with zero attached hydrogens (tertiary/aromatic N) is 2. The Bertz CT molecular complexity index is 1120. The van der Waals surface area contributed by atoms with E-state index in [9.17, 15) is 18.0 Å². The van der Waals surface area contributed by atoms with Gasteiger partial charge in [-0.25, -0.2) is 13.1 Å². The van der Waals surface area contributed by atoms with Gasteiger partial charge in [-0.3, -0.25) is 9.59 Å². The first-order valence-corrected chi connectivity index (χ1v) is 12.0. The molecule has 4 rings (SSSR count). The summed E-state index contributed by atoms with van der Waals surface area (Å²) in [6.07, 6.45) is 2.90. The second-order valence-corrected chi connectivity index (χ2v) is 10.1. The molecule has 2 aromatic rings. The lowest BCUT2D eigenvalue weighted by molar-refractivity contribution is -0.125. The van der Waals surface area contributed by atoms with Crippen molar-refractivity contribution in [2.75, 3.05) is 23.4 Å². The predicted octanol–water partition coefficient (Wildman–Crippen LogP) is 3.15. The fourth-order valence-corrected chi connectivity index (χ4v) is 5.04. The molecule has 0 radical (unpaired) electrons. The first-order valence-electron chi connectivity index (χ1n) is 10.5. The molecule has 0 bridgehead atoms. The van der Waals surface area contributed by atoms with Gasteiger partial charge in [0.25, 0.3) is 0 Å². The molecule has 1 unspecified atom stereocenters. The number of nitrogens with one attached hydrogen (secondary N) is 1. The van der Waals surface area contributed by atoms with Gasteiger partial charge in [-0.15, -0.1) is 0 Å². The number of hydrogen-bond acceptors (Lipinski definition) is 4. The SMILES string of the molecule is CNS(=O)(=O)c1ccc(-c2ccc3c(c2)N(C(=O)C2CCC2)CC(C)N3C(C)=O)cc1. The molecule has 1 saturated carbocycles. The summed E-state index contributed by atoms with van der Waals surface area (Å²) in [6, 6.07) is 12.2. The maximum Gasteiger partial charge on any atom is 0.240 e. The molecule has 1 aliphatic heterocycles. The molecule has 8 heteroatoms. The van der Waals surface area contributed by atoms with E-state index in [2.05, 4.69) is 4.72 Å². The van der Waals surface area contributed by atoms with E-state index < -0.39 is 10.0 Å². The average Bonchev–Trinajstić information content (AvgIpc) is 2.71. The standard InChI is InChI=1S/C23H27N3O4S/c1-15-14-25(23(28)18-5-4-6-18)22-13-19(9-12-21(22)26(15)16(2)27)17-7-10-20(11-8-17)31(29,30)24-3/h7-13,15,18,24H,4-6,14H2,1-3H3. The van der Waals surface area contributed by atoms with Gasteiger partial charge < -0.3 is 9.80 Å². The van der Waals surface area contributed by atoms with Gasteiger partial charge in [-0.05, 0) is 62.2 Å². The van der Waals surface area contributed by atoms with Crippen molar-refractivity contribution in [3.63, 3.8) is 0 Å². The van der Waals surface area contributed by atoms with Crippen molar-refractivity contribution in [1.29, 1.82) is 0 Å².